The van der Waals surface area contributed by atoms with Crippen LogP contribution in [0.3, 0.4) is 0 Å². The summed E-state index contributed by atoms with van der Waals surface area (Å²) in [5.41, 5.74) is 0. The van der Waals surface area contributed by atoms with Crippen LogP contribution in [0.1, 0.15) is 264 Å². The third kappa shape index (κ3) is 47.0. The molecule has 0 fully saturated rings. The summed E-state index contributed by atoms with van der Waals surface area (Å²) >= 11 is 0. The van der Waals surface area contributed by atoms with Crippen molar-refractivity contribution in [2.45, 2.75) is 276 Å². The minimum Gasteiger partial charge on any atom is -0.756 e. The maximum Gasteiger partial charge on any atom is 0.268 e. The van der Waals surface area contributed by atoms with E-state index in [9.17, 15) is 19.4 Å². The average molecular weight is 885 g/mol. The lowest BCUT2D eigenvalue weighted by Gasteiger charge is -2.29. The number of rotatable bonds is 49. The third-order valence-corrected chi connectivity index (χ3v) is 13.2. The van der Waals surface area contributed by atoms with Crippen molar-refractivity contribution in [3.63, 3.8) is 0 Å². The summed E-state index contributed by atoms with van der Waals surface area (Å²) in [5.74, 6) is -0.198. The molecule has 364 valence electrons. The van der Waals surface area contributed by atoms with Gasteiger partial charge in [-0.25, -0.2) is 0 Å². The standard InChI is InChI=1S/C52H105N2O6P/c1-6-8-10-12-14-16-17-18-19-20-21-22-23-24-25-26-27-28-29-30-31-32-33-34-35-36-38-39-41-43-45-51(55)50(49-60-61(57,58)59-48-47-54(3,4)5)53-52(56)46-44-42-40-37-15-13-11-9-7-2/h43,45,50-51,55H,6-42,44,46-49H2,1-5H3,(H-,53,56,57,58)/b45-43+. The second-order valence-electron chi connectivity index (χ2n) is 19.6. The third-order valence-electron chi connectivity index (χ3n) is 12.2. The number of allylic oxidation sites excluding steroid dienone is 1. The number of phosphoric acid groups is 1. The summed E-state index contributed by atoms with van der Waals surface area (Å²) in [7, 11) is 1.27. The van der Waals surface area contributed by atoms with E-state index in [1.54, 1.807) is 6.08 Å². The monoisotopic (exact) mass is 885 g/mol. The second kappa shape index (κ2) is 44.4. The zero-order valence-electron chi connectivity index (χ0n) is 41.4. The Kier molecular flexibility index (Phi) is 43.9. The highest BCUT2D eigenvalue weighted by atomic mass is 31.2. The average Bonchev–Trinajstić information content (AvgIpc) is 3.21. The van der Waals surface area contributed by atoms with Gasteiger partial charge in [-0.1, -0.05) is 251 Å². The van der Waals surface area contributed by atoms with E-state index in [2.05, 4.69) is 19.2 Å². The van der Waals surface area contributed by atoms with Gasteiger partial charge >= 0.3 is 0 Å². The van der Waals surface area contributed by atoms with E-state index in [1.165, 1.54) is 205 Å². The summed E-state index contributed by atoms with van der Waals surface area (Å²) in [5, 5.41) is 13.8. The normalized spacial score (nSPS) is 14.1. The Hall–Kier alpha value is -0.760. The van der Waals surface area contributed by atoms with Gasteiger partial charge in [-0.15, -0.1) is 0 Å². The molecule has 3 atom stereocenters. The first-order valence-electron chi connectivity index (χ1n) is 26.6. The Morgan fingerprint density at radius 2 is 0.885 bits per heavy atom. The van der Waals surface area contributed by atoms with Crippen LogP contribution in [0.15, 0.2) is 12.2 Å². The molecule has 0 spiro atoms. The Morgan fingerprint density at radius 3 is 1.23 bits per heavy atom. The number of hydrogen-bond donors (Lipinski definition) is 2. The van der Waals surface area contributed by atoms with Gasteiger partial charge in [-0.3, -0.25) is 9.36 Å². The molecular weight excluding hydrogens is 780 g/mol. The molecule has 0 bridgehead atoms. The highest BCUT2D eigenvalue weighted by Crippen LogP contribution is 2.38. The first kappa shape index (κ1) is 60.2. The zero-order chi connectivity index (χ0) is 45.0. The molecule has 0 radical (unpaired) electrons. The van der Waals surface area contributed by atoms with Crippen molar-refractivity contribution < 1.29 is 32.9 Å². The smallest absolute Gasteiger partial charge is 0.268 e. The van der Waals surface area contributed by atoms with Crippen LogP contribution in [-0.4, -0.2) is 68.5 Å². The van der Waals surface area contributed by atoms with E-state index in [1.807, 2.05) is 27.2 Å². The lowest BCUT2D eigenvalue weighted by atomic mass is 10.0. The number of aliphatic hydroxyl groups is 1. The van der Waals surface area contributed by atoms with E-state index < -0.39 is 20.0 Å². The molecule has 0 aliphatic heterocycles. The van der Waals surface area contributed by atoms with E-state index in [0.29, 0.717) is 17.4 Å². The molecule has 0 aromatic rings. The van der Waals surface area contributed by atoms with Crippen molar-refractivity contribution in [2.75, 3.05) is 40.9 Å². The molecule has 1 amide bonds. The Labute approximate surface area is 380 Å². The number of aliphatic hydroxyl groups excluding tert-OH is 1. The van der Waals surface area contributed by atoms with Gasteiger partial charge < -0.3 is 28.8 Å². The maximum atomic E-state index is 12.8. The van der Waals surface area contributed by atoms with Crippen molar-refractivity contribution in [2.24, 2.45) is 0 Å². The van der Waals surface area contributed by atoms with E-state index >= 15 is 0 Å². The molecule has 0 rings (SSSR count). The minimum absolute atomic E-state index is 0.00202. The Morgan fingerprint density at radius 1 is 0.557 bits per heavy atom. The van der Waals surface area contributed by atoms with Crippen LogP contribution in [-0.2, 0) is 18.4 Å². The summed E-state index contributed by atoms with van der Waals surface area (Å²) in [4.78, 5) is 25.2. The Bertz CT molecular complexity index is 1000. The van der Waals surface area contributed by atoms with Gasteiger partial charge in [0.05, 0.1) is 39.9 Å². The molecule has 0 saturated carbocycles. The first-order chi connectivity index (χ1) is 29.5. The highest BCUT2D eigenvalue weighted by molar-refractivity contribution is 7.45. The largest absolute Gasteiger partial charge is 0.756 e. The molecule has 0 aromatic carbocycles. The highest BCUT2D eigenvalue weighted by Gasteiger charge is 2.23. The molecule has 0 aromatic heterocycles. The molecule has 0 heterocycles. The Balaban J connectivity index is 4.01. The van der Waals surface area contributed by atoms with Crippen molar-refractivity contribution >= 4 is 13.7 Å². The fraction of sp³-hybridized carbons (Fsp3) is 0.942. The van der Waals surface area contributed by atoms with Crippen molar-refractivity contribution in [3.8, 4) is 0 Å². The lowest BCUT2D eigenvalue weighted by Crippen LogP contribution is -2.45. The topological polar surface area (TPSA) is 108 Å². The summed E-state index contributed by atoms with van der Waals surface area (Å²) in [6.07, 6.45) is 53.0. The number of quaternary nitrogens is 1. The number of nitrogens with zero attached hydrogens (tertiary/aromatic N) is 1. The van der Waals surface area contributed by atoms with Crippen LogP contribution < -0.4 is 10.2 Å². The van der Waals surface area contributed by atoms with E-state index in [-0.39, 0.29) is 19.1 Å². The number of unbranched alkanes of at least 4 members (excludes halogenated alkanes) is 36. The summed E-state index contributed by atoms with van der Waals surface area (Å²) < 4.78 is 23.2. The number of phosphoric ester groups is 1. The first-order valence-corrected chi connectivity index (χ1v) is 28.0. The molecule has 0 aliphatic rings. The van der Waals surface area contributed by atoms with Gasteiger partial charge in [0.2, 0.25) is 5.91 Å². The molecular formula is C52H105N2O6P. The minimum atomic E-state index is -4.58. The molecule has 0 saturated heterocycles. The molecule has 0 aliphatic carbocycles. The lowest BCUT2D eigenvalue weighted by molar-refractivity contribution is -0.870. The zero-order valence-corrected chi connectivity index (χ0v) is 42.3. The van der Waals surface area contributed by atoms with Crippen LogP contribution in [0.4, 0.5) is 0 Å². The maximum absolute atomic E-state index is 12.8. The van der Waals surface area contributed by atoms with Crippen molar-refractivity contribution in [1.29, 1.82) is 0 Å². The number of hydrogen-bond acceptors (Lipinski definition) is 6. The predicted octanol–water partition coefficient (Wildman–Crippen LogP) is 14.8. The summed E-state index contributed by atoms with van der Waals surface area (Å²) in [6, 6.07) is -0.879. The van der Waals surface area contributed by atoms with Crippen LogP contribution in [0.25, 0.3) is 0 Å². The molecule has 9 heteroatoms. The van der Waals surface area contributed by atoms with Gasteiger partial charge in [0.25, 0.3) is 7.82 Å². The predicted molar refractivity (Wildman–Crippen MR) is 261 cm³/mol. The van der Waals surface area contributed by atoms with Gasteiger partial charge in [0.1, 0.15) is 13.2 Å². The molecule has 2 N–H and O–H groups in total. The van der Waals surface area contributed by atoms with Crippen LogP contribution in [0.5, 0.6) is 0 Å². The number of carbonyl (C=O) groups excluding carboxylic acids is 1. The number of nitrogens with one attached hydrogen (secondary N) is 1. The quantitative estimate of drug-likeness (QED) is 0.0273. The van der Waals surface area contributed by atoms with Crippen LogP contribution >= 0.6 is 7.82 Å². The number of amides is 1. The number of likely N-dealkylation sites (N-methyl/N-ethyl adjacent to an activating group) is 1. The van der Waals surface area contributed by atoms with Gasteiger partial charge in [0, 0.05) is 6.42 Å². The fourth-order valence-corrected chi connectivity index (χ4v) is 8.76. The molecule has 3 unspecified atom stereocenters. The van der Waals surface area contributed by atoms with Crippen LogP contribution in [0, 0.1) is 0 Å². The molecule has 8 nitrogen and oxygen atoms in total. The van der Waals surface area contributed by atoms with Crippen molar-refractivity contribution in [3.05, 3.63) is 12.2 Å². The number of carbonyl (C=O) groups is 1. The van der Waals surface area contributed by atoms with E-state index in [4.69, 9.17) is 9.05 Å². The van der Waals surface area contributed by atoms with Gasteiger partial charge in [-0.2, -0.15) is 0 Å². The van der Waals surface area contributed by atoms with Crippen LogP contribution in [0.2, 0.25) is 0 Å². The SMILES string of the molecule is CCCCCCCCCCCCCCCCCCCCCCCCCCCCCC/C=C/C(O)C(COP(=O)([O-])OCC[N+](C)(C)C)NC(=O)CCCCCCCCCCC. The van der Waals surface area contributed by atoms with Crippen molar-refractivity contribution in [1.82, 2.24) is 5.32 Å². The molecule has 61 heavy (non-hydrogen) atoms. The van der Waals surface area contributed by atoms with Gasteiger partial charge in [-0.05, 0) is 19.3 Å². The fourth-order valence-electron chi connectivity index (χ4n) is 8.04. The summed E-state index contributed by atoms with van der Waals surface area (Å²) in [6.45, 7) is 4.65. The second-order valence-corrected chi connectivity index (χ2v) is 21.0. The van der Waals surface area contributed by atoms with Gasteiger partial charge in [0.15, 0.2) is 0 Å². The van der Waals surface area contributed by atoms with E-state index in [0.717, 1.165) is 38.5 Å².